The highest BCUT2D eigenvalue weighted by Crippen LogP contribution is 2.21. The highest BCUT2D eigenvalue weighted by Gasteiger charge is 2.33. The van der Waals surface area contributed by atoms with Crippen LogP contribution in [0.1, 0.15) is 44.4 Å². The van der Waals surface area contributed by atoms with Gasteiger partial charge in [-0.25, -0.2) is 0 Å². The smallest absolute Gasteiger partial charge is 0.242 e. The van der Waals surface area contributed by atoms with Gasteiger partial charge in [-0.05, 0) is 37.6 Å². The van der Waals surface area contributed by atoms with Gasteiger partial charge in [-0.3, -0.25) is 4.79 Å². The molecule has 1 aliphatic heterocycles. The van der Waals surface area contributed by atoms with Crippen LogP contribution in [0.5, 0.6) is 0 Å². The Morgan fingerprint density at radius 1 is 1.62 bits per heavy atom. The van der Waals surface area contributed by atoms with Gasteiger partial charge in [-0.2, -0.15) is 0 Å². The third-order valence-electron chi connectivity index (χ3n) is 3.92. The van der Waals surface area contributed by atoms with Gasteiger partial charge in [0.2, 0.25) is 5.91 Å². The van der Waals surface area contributed by atoms with E-state index in [4.69, 9.17) is 10.5 Å². The summed E-state index contributed by atoms with van der Waals surface area (Å²) in [5.41, 5.74) is 5.46. The van der Waals surface area contributed by atoms with Crippen LogP contribution >= 0.6 is 11.3 Å². The number of thiophene rings is 1. The monoisotopic (exact) mass is 310 g/mol. The first-order valence-corrected chi connectivity index (χ1v) is 8.63. The average Bonchev–Trinajstić information content (AvgIpc) is 3.10. The second-order valence-corrected chi connectivity index (χ2v) is 7.10. The molecule has 2 rings (SSSR count). The molecule has 118 valence electrons. The van der Waals surface area contributed by atoms with E-state index in [0.717, 1.165) is 25.9 Å². The summed E-state index contributed by atoms with van der Waals surface area (Å²) in [4.78, 5) is 15.9. The predicted octanol–water partition coefficient (Wildman–Crippen LogP) is 2.77. The largest absolute Gasteiger partial charge is 0.376 e. The average molecular weight is 310 g/mol. The zero-order valence-corrected chi connectivity index (χ0v) is 13.8. The number of nitrogens with zero attached hydrogens (tertiary/aromatic N) is 1. The lowest BCUT2D eigenvalue weighted by molar-refractivity contribution is -0.139. The van der Waals surface area contributed by atoms with Crippen LogP contribution in [0.4, 0.5) is 0 Å². The van der Waals surface area contributed by atoms with Crippen molar-refractivity contribution in [3.05, 3.63) is 22.4 Å². The lowest BCUT2D eigenvalue weighted by Gasteiger charge is -2.33. The van der Waals surface area contributed by atoms with Crippen molar-refractivity contribution in [2.24, 2.45) is 5.73 Å². The highest BCUT2D eigenvalue weighted by molar-refractivity contribution is 7.09. The van der Waals surface area contributed by atoms with Gasteiger partial charge in [0.25, 0.3) is 0 Å². The Hall–Kier alpha value is -0.910. The predicted molar refractivity (Wildman–Crippen MR) is 86.2 cm³/mol. The molecule has 0 aromatic carbocycles. The number of amides is 1. The Morgan fingerprint density at radius 2 is 2.43 bits per heavy atom. The zero-order valence-electron chi connectivity index (χ0n) is 13.0. The van der Waals surface area contributed by atoms with E-state index >= 15 is 0 Å². The highest BCUT2D eigenvalue weighted by atomic mass is 32.1. The molecule has 1 aromatic rings. The summed E-state index contributed by atoms with van der Waals surface area (Å²) in [6.07, 6.45) is 3.89. The van der Waals surface area contributed by atoms with Gasteiger partial charge >= 0.3 is 0 Å². The molecular weight excluding hydrogens is 284 g/mol. The zero-order chi connectivity index (χ0) is 15.3. The van der Waals surface area contributed by atoms with Gasteiger partial charge in [0.1, 0.15) is 0 Å². The van der Waals surface area contributed by atoms with E-state index in [1.807, 2.05) is 23.3 Å². The maximum Gasteiger partial charge on any atom is 0.242 e. The Balaban J connectivity index is 2.07. The molecule has 1 aromatic heterocycles. The Kier molecular flexibility index (Phi) is 5.79. The molecule has 5 heteroatoms. The van der Waals surface area contributed by atoms with E-state index < -0.39 is 5.54 Å². The van der Waals surface area contributed by atoms with E-state index in [9.17, 15) is 4.79 Å². The Morgan fingerprint density at radius 3 is 3.00 bits per heavy atom. The molecule has 0 radical (unpaired) electrons. The van der Waals surface area contributed by atoms with Crippen LogP contribution in [-0.4, -0.2) is 35.6 Å². The normalized spacial score (nSPS) is 21.2. The fourth-order valence-electron chi connectivity index (χ4n) is 2.83. The van der Waals surface area contributed by atoms with Crippen molar-refractivity contribution in [1.82, 2.24) is 4.90 Å². The molecule has 0 bridgehead atoms. The SMILES string of the molecule is CCCC(C)(N)C(=O)N(Cc1cccs1)CC1CCCO1. The van der Waals surface area contributed by atoms with Crippen LogP contribution < -0.4 is 5.73 Å². The molecule has 2 heterocycles. The third kappa shape index (κ3) is 4.53. The molecule has 1 saturated heterocycles. The van der Waals surface area contributed by atoms with Crippen molar-refractivity contribution < 1.29 is 9.53 Å². The molecule has 1 amide bonds. The first-order valence-electron chi connectivity index (χ1n) is 7.75. The number of hydrogen-bond donors (Lipinski definition) is 1. The molecular formula is C16H26N2O2S. The molecule has 1 fully saturated rings. The van der Waals surface area contributed by atoms with E-state index in [1.165, 1.54) is 4.88 Å². The van der Waals surface area contributed by atoms with Crippen LogP contribution in [0.25, 0.3) is 0 Å². The molecule has 2 atom stereocenters. The van der Waals surface area contributed by atoms with Crippen LogP contribution in [0.2, 0.25) is 0 Å². The Bertz CT molecular complexity index is 439. The van der Waals surface area contributed by atoms with Gasteiger partial charge < -0.3 is 15.4 Å². The van der Waals surface area contributed by atoms with Gasteiger partial charge in [0, 0.05) is 18.0 Å². The fourth-order valence-corrected chi connectivity index (χ4v) is 3.55. The maximum atomic E-state index is 12.8. The molecule has 0 spiro atoms. The third-order valence-corrected chi connectivity index (χ3v) is 4.78. The van der Waals surface area contributed by atoms with E-state index in [1.54, 1.807) is 11.3 Å². The van der Waals surface area contributed by atoms with E-state index in [-0.39, 0.29) is 12.0 Å². The second-order valence-electron chi connectivity index (χ2n) is 6.07. The number of carbonyl (C=O) groups is 1. The van der Waals surface area contributed by atoms with Crippen molar-refractivity contribution >= 4 is 17.2 Å². The molecule has 0 aliphatic carbocycles. The van der Waals surface area contributed by atoms with Gasteiger partial charge in [0.05, 0.1) is 18.2 Å². The second kappa shape index (κ2) is 7.38. The summed E-state index contributed by atoms with van der Waals surface area (Å²) in [5, 5.41) is 2.04. The van der Waals surface area contributed by atoms with Crippen molar-refractivity contribution in [2.45, 2.75) is 57.7 Å². The quantitative estimate of drug-likeness (QED) is 0.842. The summed E-state index contributed by atoms with van der Waals surface area (Å²) < 4.78 is 5.69. The molecule has 1 aliphatic rings. The van der Waals surface area contributed by atoms with Crippen molar-refractivity contribution in [1.29, 1.82) is 0 Å². The van der Waals surface area contributed by atoms with E-state index in [2.05, 4.69) is 13.0 Å². The molecule has 0 saturated carbocycles. The Labute approximate surface area is 131 Å². The van der Waals surface area contributed by atoms with Gasteiger partial charge in [-0.15, -0.1) is 11.3 Å². The molecule has 4 nitrogen and oxygen atoms in total. The van der Waals surface area contributed by atoms with Crippen LogP contribution in [-0.2, 0) is 16.1 Å². The minimum Gasteiger partial charge on any atom is -0.376 e. The van der Waals surface area contributed by atoms with Crippen molar-refractivity contribution in [3.8, 4) is 0 Å². The van der Waals surface area contributed by atoms with E-state index in [0.29, 0.717) is 19.5 Å². The fraction of sp³-hybridized carbons (Fsp3) is 0.688. The van der Waals surface area contributed by atoms with Crippen LogP contribution in [0.15, 0.2) is 17.5 Å². The number of rotatable bonds is 7. The lowest BCUT2D eigenvalue weighted by atomic mass is 9.95. The first kappa shape index (κ1) is 16.5. The topological polar surface area (TPSA) is 55.6 Å². The summed E-state index contributed by atoms with van der Waals surface area (Å²) in [7, 11) is 0. The van der Waals surface area contributed by atoms with Crippen molar-refractivity contribution in [2.75, 3.05) is 13.2 Å². The van der Waals surface area contributed by atoms with Gasteiger partial charge in [0.15, 0.2) is 0 Å². The number of carbonyl (C=O) groups excluding carboxylic acids is 1. The minimum atomic E-state index is -0.787. The lowest BCUT2D eigenvalue weighted by Crippen LogP contribution is -2.54. The minimum absolute atomic E-state index is 0.0354. The van der Waals surface area contributed by atoms with Crippen LogP contribution in [0, 0.1) is 0 Å². The van der Waals surface area contributed by atoms with Gasteiger partial charge in [-0.1, -0.05) is 19.4 Å². The molecule has 2 unspecified atom stereocenters. The molecule has 2 N–H and O–H groups in total. The number of hydrogen-bond acceptors (Lipinski definition) is 4. The number of nitrogens with two attached hydrogens (primary N) is 1. The summed E-state index contributed by atoms with van der Waals surface area (Å²) in [6.45, 7) is 5.98. The van der Waals surface area contributed by atoms with Crippen LogP contribution in [0.3, 0.4) is 0 Å². The summed E-state index contributed by atoms with van der Waals surface area (Å²) in [6, 6.07) is 4.08. The summed E-state index contributed by atoms with van der Waals surface area (Å²) >= 11 is 1.68. The first-order chi connectivity index (χ1) is 10.0. The standard InChI is InChI=1S/C16H26N2O2S/c1-3-8-16(2,17)15(19)18(11-13-6-4-9-20-13)12-14-7-5-10-21-14/h5,7,10,13H,3-4,6,8-9,11-12,17H2,1-2H3. The summed E-state index contributed by atoms with van der Waals surface area (Å²) in [5.74, 6) is 0.0354. The maximum absolute atomic E-state index is 12.8. The number of ether oxygens (including phenoxy) is 1. The van der Waals surface area contributed by atoms with Crippen molar-refractivity contribution in [3.63, 3.8) is 0 Å². The molecule has 21 heavy (non-hydrogen) atoms.